The first kappa shape index (κ1) is 26.0. The molecule has 0 atom stereocenters. The van der Waals surface area contributed by atoms with Gasteiger partial charge in [-0.1, -0.05) is 0 Å². The van der Waals surface area contributed by atoms with E-state index in [0.717, 1.165) is 6.07 Å². The Bertz CT molecular complexity index is 1540. The summed E-state index contributed by atoms with van der Waals surface area (Å²) in [4.78, 5) is 36.5. The monoisotopic (exact) mass is 539 g/mol. The summed E-state index contributed by atoms with van der Waals surface area (Å²) in [5, 5.41) is 4.69. The molecule has 1 aromatic heterocycles. The van der Waals surface area contributed by atoms with Crippen LogP contribution in [0.15, 0.2) is 66.9 Å². The number of fused-ring (bicyclic) bond motifs is 1. The quantitative estimate of drug-likeness (QED) is 0.257. The van der Waals surface area contributed by atoms with Crippen LogP contribution in [0.3, 0.4) is 0 Å². The number of carbonyl (C=O) groups is 2. The van der Waals surface area contributed by atoms with Crippen molar-refractivity contribution >= 4 is 40.0 Å². The minimum Gasteiger partial charge on any atom is -0.378 e. The lowest BCUT2D eigenvalue weighted by Gasteiger charge is -2.27. The van der Waals surface area contributed by atoms with Crippen molar-refractivity contribution in [3.8, 4) is 0 Å². The zero-order chi connectivity index (χ0) is 27.6. The molecule has 1 fully saturated rings. The normalized spacial score (nSPS) is 13.8. The van der Waals surface area contributed by atoms with Gasteiger partial charge in [0.2, 0.25) is 0 Å². The number of rotatable bonds is 5. The third kappa shape index (κ3) is 5.96. The largest absolute Gasteiger partial charge is 0.419 e. The van der Waals surface area contributed by atoms with Crippen molar-refractivity contribution in [3.05, 3.63) is 89.4 Å². The van der Waals surface area contributed by atoms with E-state index in [2.05, 4.69) is 25.5 Å². The highest BCUT2D eigenvalue weighted by Gasteiger charge is 2.34. The lowest BCUT2D eigenvalue weighted by atomic mass is 10.0. The summed E-state index contributed by atoms with van der Waals surface area (Å²) in [5.41, 5.74) is 0.565. The number of benzene rings is 3. The van der Waals surface area contributed by atoms with Crippen molar-refractivity contribution in [3.63, 3.8) is 0 Å². The van der Waals surface area contributed by atoms with Gasteiger partial charge < -0.3 is 20.3 Å². The lowest BCUT2D eigenvalue weighted by molar-refractivity contribution is -0.139. The van der Waals surface area contributed by atoms with E-state index in [4.69, 9.17) is 4.74 Å². The van der Waals surface area contributed by atoms with E-state index in [1.807, 2.05) is 0 Å². The fraction of sp³-hybridized carbons (Fsp3) is 0.185. The number of alkyl halides is 3. The first-order chi connectivity index (χ1) is 18.7. The Hall–Kier alpha value is -4.58. The molecule has 0 unspecified atom stereocenters. The van der Waals surface area contributed by atoms with Gasteiger partial charge in [-0.25, -0.2) is 14.2 Å². The molecule has 8 nitrogen and oxygen atoms in total. The van der Waals surface area contributed by atoms with Gasteiger partial charge >= 0.3 is 12.2 Å². The third-order valence-electron chi connectivity index (χ3n) is 6.06. The third-order valence-corrected chi connectivity index (χ3v) is 6.06. The number of ketones is 1. The van der Waals surface area contributed by atoms with Crippen LogP contribution in [0, 0.1) is 5.82 Å². The molecular formula is C27H21F4N5O3. The van der Waals surface area contributed by atoms with Gasteiger partial charge in [-0.15, -0.1) is 0 Å². The number of urea groups is 1. The van der Waals surface area contributed by atoms with Crippen molar-refractivity contribution in [2.75, 3.05) is 41.8 Å². The smallest absolute Gasteiger partial charge is 0.378 e. The van der Waals surface area contributed by atoms with E-state index in [0.29, 0.717) is 72.1 Å². The van der Waals surface area contributed by atoms with E-state index in [1.165, 1.54) is 24.3 Å². The van der Waals surface area contributed by atoms with Crippen molar-refractivity contribution < 1.29 is 31.9 Å². The molecule has 5 rings (SSSR count). The Kier molecular flexibility index (Phi) is 7.11. The maximum Gasteiger partial charge on any atom is 0.419 e. The van der Waals surface area contributed by atoms with Gasteiger partial charge in [-0.3, -0.25) is 9.78 Å². The van der Waals surface area contributed by atoms with Gasteiger partial charge in [-0.2, -0.15) is 13.2 Å². The Morgan fingerprint density at radius 1 is 0.846 bits per heavy atom. The first-order valence-electron chi connectivity index (χ1n) is 11.9. The summed E-state index contributed by atoms with van der Waals surface area (Å²) in [5.74, 6) is -0.999. The Morgan fingerprint density at radius 3 is 2.23 bits per heavy atom. The van der Waals surface area contributed by atoms with Crippen molar-refractivity contribution in [1.29, 1.82) is 0 Å². The maximum absolute atomic E-state index is 13.5. The highest BCUT2D eigenvalue weighted by Crippen LogP contribution is 2.33. The average molecular weight is 539 g/mol. The molecule has 2 N–H and O–H groups in total. The average Bonchev–Trinajstić information content (AvgIpc) is 2.93. The topological polar surface area (TPSA) is 96.5 Å². The highest BCUT2D eigenvalue weighted by atomic mass is 19.4. The number of amides is 2. The number of ether oxygens (including phenoxy) is 1. The van der Waals surface area contributed by atoms with Crippen LogP contribution in [0.2, 0.25) is 0 Å². The molecule has 1 aliphatic heterocycles. The maximum atomic E-state index is 13.5. The van der Waals surface area contributed by atoms with Crippen LogP contribution in [0.4, 0.5) is 39.5 Å². The number of aromatic nitrogens is 2. The first-order valence-corrected chi connectivity index (χ1v) is 11.9. The Balaban J connectivity index is 1.26. The molecule has 12 heteroatoms. The summed E-state index contributed by atoms with van der Waals surface area (Å²) in [6.07, 6.45) is -3.20. The SMILES string of the molecule is O=C(Nc1ccc(C(=O)c2ccc3ncc(N4CCOCC4)nc3c2)cc1)Nc1ccc(F)c(C(F)(F)F)c1. The van der Waals surface area contributed by atoms with Crippen LogP contribution in [0.1, 0.15) is 21.5 Å². The van der Waals surface area contributed by atoms with Gasteiger partial charge in [-0.05, 0) is 60.7 Å². The van der Waals surface area contributed by atoms with Crippen LogP contribution in [-0.4, -0.2) is 48.1 Å². The van der Waals surface area contributed by atoms with Crippen molar-refractivity contribution in [2.24, 2.45) is 0 Å². The van der Waals surface area contributed by atoms with E-state index >= 15 is 0 Å². The zero-order valence-corrected chi connectivity index (χ0v) is 20.3. The van der Waals surface area contributed by atoms with E-state index < -0.39 is 23.6 Å². The number of nitrogens with zero attached hydrogens (tertiary/aromatic N) is 3. The second-order valence-corrected chi connectivity index (χ2v) is 8.71. The molecule has 0 saturated carbocycles. The fourth-order valence-corrected chi connectivity index (χ4v) is 4.07. The molecule has 0 radical (unpaired) electrons. The fourth-order valence-electron chi connectivity index (χ4n) is 4.07. The van der Waals surface area contributed by atoms with Gasteiger partial charge in [0, 0.05) is 35.6 Å². The number of hydrogen-bond donors (Lipinski definition) is 2. The number of carbonyl (C=O) groups excluding carboxylic acids is 2. The van der Waals surface area contributed by atoms with Crippen molar-refractivity contribution in [2.45, 2.75) is 6.18 Å². The molecule has 2 amide bonds. The molecule has 1 saturated heterocycles. The van der Waals surface area contributed by atoms with Gasteiger partial charge in [0.05, 0.1) is 36.0 Å². The Labute approximate surface area is 219 Å². The van der Waals surface area contributed by atoms with E-state index in [1.54, 1.807) is 24.4 Å². The summed E-state index contributed by atoms with van der Waals surface area (Å²) < 4.78 is 57.5. The molecule has 4 aromatic rings. The van der Waals surface area contributed by atoms with Crippen LogP contribution in [0.5, 0.6) is 0 Å². The van der Waals surface area contributed by atoms with Gasteiger partial charge in [0.1, 0.15) is 11.6 Å². The number of halogens is 4. The van der Waals surface area contributed by atoms with E-state index in [9.17, 15) is 27.2 Å². The lowest BCUT2D eigenvalue weighted by Crippen LogP contribution is -2.36. The second kappa shape index (κ2) is 10.7. The molecule has 2 heterocycles. The van der Waals surface area contributed by atoms with Crippen LogP contribution < -0.4 is 15.5 Å². The zero-order valence-electron chi connectivity index (χ0n) is 20.3. The number of nitrogens with one attached hydrogen (secondary N) is 2. The van der Waals surface area contributed by atoms with Crippen LogP contribution >= 0.6 is 0 Å². The van der Waals surface area contributed by atoms with Crippen molar-refractivity contribution in [1.82, 2.24) is 9.97 Å². The van der Waals surface area contributed by atoms with Gasteiger partial charge in [0.25, 0.3) is 0 Å². The molecule has 200 valence electrons. The molecule has 3 aromatic carbocycles. The standard InChI is InChI=1S/C27H21F4N5O3/c28-21-7-6-19(14-20(21)27(29,30)31)34-26(38)33-18-4-1-16(2-5-18)25(37)17-3-8-22-23(13-17)35-24(15-32-22)36-9-11-39-12-10-36/h1-8,13-15H,9-12H2,(H2,33,34,38). The minimum absolute atomic E-state index is 0.232. The summed E-state index contributed by atoms with van der Waals surface area (Å²) in [7, 11) is 0. The summed E-state index contributed by atoms with van der Waals surface area (Å²) in [6, 6.07) is 12.4. The van der Waals surface area contributed by atoms with Crippen LogP contribution in [-0.2, 0) is 10.9 Å². The highest BCUT2D eigenvalue weighted by molar-refractivity contribution is 6.10. The number of hydrogen-bond acceptors (Lipinski definition) is 6. The molecule has 0 aliphatic carbocycles. The summed E-state index contributed by atoms with van der Waals surface area (Å²) in [6.45, 7) is 2.62. The summed E-state index contributed by atoms with van der Waals surface area (Å²) >= 11 is 0. The molecule has 1 aliphatic rings. The number of anilines is 3. The molecule has 0 spiro atoms. The Morgan fingerprint density at radius 2 is 1.51 bits per heavy atom. The molecule has 0 bridgehead atoms. The predicted octanol–water partition coefficient (Wildman–Crippen LogP) is 5.50. The van der Waals surface area contributed by atoms with Crippen LogP contribution in [0.25, 0.3) is 11.0 Å². The number of morpholine rings is 1. The molecule has 39 heavy (non-hydrogen) atoms. The molecular weight excluding hydrogens is 518 g/mol. The minimum atomic E-state index is -4.90. The van der Waals surface area contributed by atoms with Gasteiger partial charge in [0.15, 0.2) is 5.78 Å². The van der Waals surface area contributed by atoms with E-state index in [-0.39, 0.29) is 11.5 Å². The second-order valence-electron chi connectivity index (χ2n) is 8.71. The predicted molar refractivity (Wildman–Crippen MR) is 136 cm³/mol.